The smallest absolute Gasteiger partial charge is 0.272 e. The average molecular weight is 679 g/mol. The summed E-state index contributed by atoms with van der Waals surface area (Å²) in [6.45, 7) is 1.92. The second kappa shape index (κ2) is 15.4. The molecule has 0 saturated heterocycles. The lowest BCUT2D eigenvalue weighted by Gasteiger charge is -2.17. The van der Waals surface area contributed by atoms with Crippen LogP contribution in [0.3, 0.4) is 0 Å². The third-order valence-electron chi connectivity index (χ3n) is 6.14. The van der Waals surface area contributed by atoms with Gasteiger partial charge in [-0.3, -0.25) is 14.4 Å². The number of hydrogen-bond acceptors (Lipinski definition) is 5. The Balaban J connectivity index is 1.51. The van der Waals surface area contributed by atoms with Gasteiger partial charge in [-0.25, -0.2) is 0 Å². The van der Waals surface area contributed by atoms with Crippen molar-refractivity contribution in [2.24, 2.45) is 0 Å². The van der Waals surface area contributed by atoms with Gasteiger partial charge < -0.3 is 20.7 Å². The van der Waals surface area contributed by atoms with Gasteiger partial charge in [-0.2, -0.15) is 0 Å². The summed E-state index contributed by atoms with van der Waals surface area (Å²) < 4.78 is 6.18. The SMILES string of the molecule is CCC(Sc1cccc(NC(=O)/C(=C\c2cccc(Br)c2)NC(=O)c2ccccc2)c1)C(=O)Nc1cc(Cl)ccc1OC. The molecule has 0 heterocycles. The first kappa shape index (κ1) is 31.9. The van der Waals surface area contributed by atoms with Crippen LogP contribution in [-0.2, 0) is 9.59 Å². The van der Waals surface area contributed by atoms with Gasteiger partial charge in [0, 0.05) is 25.6 Å². The maximum Gasteiger partial charge on any atom is 0.272 e. The first-order valence-corrected chi connectivity index (χ1v) is 15.4. The van der Waals surface area contributed by atoms with E-state index < -0.39 is 17.1 Å². The van der Waals surface area contributed by atoms with E-state index in [0.717, 1.165) is 14.9 Å². The molecule has 10 heteroatoms. The van der Waals surface area contributed by atoms with Crippen LogP contribution in [0.2, 0.25) is 5.02 Å². The minimum Gasteiger partial charge on any atom is -0.495 e. The molecule has 0 aliphatic rings. The lowest BCUT2D eigenvalue weighted by molar-refractivity contribution is -0.116. The number of carbonyl (C=O) groups is 3. The molecule has 7 nitrogen and oxygen atoms in total. The van der Waals surface area contributed by atoms with E-state index in [1.54, 1.807) is 66.7 Å². The largest absolute Gasteiger partial charge is 0.495 e. The van der Waals surface area contributed by atoms with Gasteiger partial charge in [0.05, 0.1) is 18.0 Å². The van der Waals surface area contributed by atoms with Gasteiger partial charge in [0.25, 0.3) is 11.8 Å². The van der Waals surface area contributed by atoms with Crippen molar-refractivity contribution < 1.29 is 19.1 Å². The summed E-state index contributed by atoms with van der Waals surface area (Å²) in [7, 11) is 1.53. The predicted molar refractivity (Wildman–Crippen MR) is 178 cm³/mol. The van der Waals surface area contributed by atoms with E-state index in [9.17, 15) is 14.4 Å². The Kier molecular flexibility index (Phi) is 11.4. The second-order valence-corrected chi connectivity index (χ2v) is 11.9. The number of carbonyl (C=O) groups excluding carboxylic acids is 3. The molecule has 43 heavy (non-hydrogen) atoms. The van der Waals surface area contributed by atoms with Crippen molar-refractivity contribution in [3.05, 3.63) is 123 Å². The average Bonchev–Trinajstić information content (AvgIpc) is 3.00. The number of amides is 3. The van der Waals surface area contributed by atoms with E-state index in [1.807, 2.05) is 43.3 Å². The summed E-state index contributed by atoms with van der Waals surface area (Å²) in [5.74, 6) is -0.600. The highest BCUT2D eigenvalue weighted by atomic mass is 79.9. The third-order valence-corrected chi connectivity index (χ3v) is 8.23. The molecule has 0 radical (unpaired) electrons. The van der Waals surface area contributed by atoms with Crippen molar-refractivity contribution >= 4 is 74.5 Å². The lowest BCUT2D eigenvalue weighted by atomic mass is 10.1. The normalized spacial score (nSPS) is 11.8. The fourth-order valence-corrected chi connectivity index (χ4v) is 5.63. The summed E-state index contributed by atoms with van der Waals surface area (Å²) in [5, 5.41) is 8.58. The maximum atomic E-state index is 13.5. The molecule has 0 spiro atoms. The monoisotopic (exact) mass is 677 g/mol. The van der Waals surface area contributed by atoms with Crippen LogP contribution < -0.4 is 20.7 Å². The lowest BCUT2D eigenvalue weighted by Crippen LogP contribution is -2.30. The molecule has 3 N–H and O–H groups in total. The molecule has 0 fully saturated rings. The summed E-state index contributed by atoms with van der Waals surface area (Å²) >= 11 is 10.9. The number of nitrogens with one attached hydrogen (secondary N) is 3. The van der Waals surface area contributed by atoms with Crippen LogP contribution in [-0.4, -0.2) is 30.1 Å². The fourth-order valence-electron chi connectivity index (χ4n) is 4.03. The quantitative estimate of drug-likeness (QED) is 0.110. The topological polar surface area (TPSA) is 96.5 Å². The van der Waals surface area contributed by atoms with Crippen LogP contribution in [0, 0.1) is 0 Å². The number of benzene rings is 4. The number of rotatable bonds is 11. The van der Waals surface area contributed by atoms with Crippen molar-refractivity contribution in [3.63, 3.8) is 0 Å². The number of hydrogen-bond donors (Lipinski definition) is 3. The molecular formula is C33H29BrClN3O4S. The van der Waals surface area contributed by atoms with Crippen molar-refractivity contribution in [3.8, 4) is 5.75 Å². The van der Waals surface area contributed by atoms with Gasteiger partial charge in [0.15, 0.2) is 0 Å². The van der Waals surface area contributed by atoms with Gasteiger partial charge in [-0.1, -0.05) is 70.9 Å². The fraction of sp³-hybridized carbons (Fsp3) is 0.121. The summed E-state index contributed by atoms with van der Waals surface area (Å²) in [6, 6.07) is 28.3. The molecule has 0 aliphatic carbocycles. The second-order valence-electron chi connectivity index (χ2n) is 9.26. The van der Waals surface area contributed by atoms with Gasteiger partial charge in [0.2, 0.25) is 5.91 Å². The van der Waals surface area contributed by atoms with Gasteiger partial charge in [-0.05, 0) is 78.7 Å². The molecule has 1 unspecified atom stereocenters. The van der Waals surface area contributed by atoms with Crippen molar-refractivity contribution in [2.45, 2.75) is 23.5 Å². The molecule has 0 aromatic heterocycles. The van der Waals surface area contributed by atoms with Crippen molar-refractivity contribution in [1.29, 1.82) is 0 Å². The van der Waals surface area contributed by atoms with Crippen LogP contribution in [0.1, 0.15) is 29.3 Å². The van der Waals surface area contributed by atoms with E-state index in [0.29, 0.717) is 34.1 Å². The molecule has 3 amide bonds. The van der Waals surface area contributed by atoms with Crippen molar-refractivity contribution in [2.75, 3.05) is 17.7 Å². The first-order valence-electron chi connectivity index (χ1n) is 13.3. The highest BCUT2D eigenvalue weighted by Crippen LogP contribution is 2.32. The zero-order chi connectivity index (χ0) is 30.8. The van der Waals surface area contributed by atoms with Crippen LogP contribution in [0.4, 0.5) is 11.4 Å². The summed E-state index contributed by atoms with van der Waals surface area (Å²) in [6.07, 6.45) is 2.17. The standard InChI is InChI=1S/C33H29BrClN3O4S/c1-3-30(33(41)37-27-19-24(35)15-16-29(27)42-2)43-26-14-8-13-25(20-26)36-32(40)28(18-21-9-7-12-23(34)17-21)38-31(39)22-10-5-4-6-11-22/h4-20,30H,3H2,1-2H3,(H,36,40)(H,37,41)(H,38,39)/b28-18+. The Bertz CT molecular complexity index is 1650. The molecule has 0 bridgehead atoms. The number of thioether (sulfide) groups is 1. The number of halogens is 2. The Labute approximate surface area is 268 Å². The zero-order valence-corrected chi connectivity index (χ0v) is 26.6. The summed E-state index contributed by atoms with van der Waals surface area (Å²) in [4.78, 5) is 40.3. The Morgan fingerprint density at radius 1 is 0.930 bits per heavy atom. The third kappa shape index (κ3) is 9.22. The van der Waals surface area contributed by atoms with Crippen LogP contribution >= 0.6 is 39.3 Å². The zero-order valence-electron chi connectivity index (χ0n) is 23.4. The van der Waals surface area contributed by atoms with Crippen LogP contribution in [0.25, 0.3) is 6.08 Å². The van der Waals surface area contributed by atoms with Crippen molar-refractivity contribution in [1.82, 2.24) is 5.32 Å². The number of methoxy groups -OCH3 is 1. The molecule has 220 valence electrons. The van der Waals surface area contributed by atoms with Gasteiger partial charge in [0.1, 0.15) is 11.4 Å². The Hall–Kier alpha value is -4.05. The van der Waals surface area contributed by atoms with Crippen LogP contribution in [0.15, 0.2) is 112 Å². The molecule has 4 aromatic rings. The summed E-state index contributed by atoms with van der Waals surface area (Å²) in [5.41, 5.74) is 2.22. The van der Waals surface area contributed by atoms with Gasteiger partial charge in [-0.15, -0.1) is 11.8 Å². The minimum absolute atomic E-state index is 0.0753. The molecule has 1 atom stereocenters. The molecule has 0 saturated carbocycles. The first-order chi connectivity index (χ1) is 20.7. The van der Waals surface area contributed by atoms with E-state index >= 15 is 0 Å². The van der Waals surface area contributed by atoms with Gasteiger partial charge >= 0.3 is 0 Å². The molecular weight excluding hydrogens is 650 g/mol. The number of anilines is 2. The minimum atomic E-state index is -0.496. The number of ether oxygens (including phenoxy) is 1. The predicted octanol–water partition coefficient (Wildman–Crippen LogP) is 8.03. The maximum absolute atomic E-state index is 13.5. The highest BCUT2D eigenvalue weighted by molar-refractivity contribution is 9.10. The van der Waals surface area contributed by atoms with E-state index in [4.69, 9.17) is 16.3 Å². The Morgan fingerprint density at radius 2 is 1.70 bits per heavy atom. The molecule has 4 aromatic carbocycles. The van der Waals surface area contributed by atoms with Crippen LogP contribution in [0.5, 0.6) is 5.75 Å². The molecule has 4 rings (SSSR count). The molecule has 0 aliphatic heterocycles. The van der Waals surface area contributed by atoms with E-state index in [1.165, 1.54) is 18.9 Å². The van der Waals surface area contributed by atoms with E-state index in [2.05, 4.69) is 31.9 Å². The van der Waals surface area contributed by atoms with E-state index in [-0.39, 0.29) is 11.6 Å². The highest BCUT2D eigenvalue weighted by Gasteiger charge is 2.21. The Morgan fingerprint density at radius 3 is 2.42 bits per heavy atom.